The van der Waals surface area contributed by atoms with E-state index in [1.807, 2.05) is 123 Å². The van der Waals surface area contributed by atoms with Crippen LogP contribution in [0.15, 0.2) is 163 Å². The Morgan fingerprint density at radius 1 is 0.605 bits per heavy atom. The number of methoxy groups -OCH3 is 2. The second-order valence-electron chi connectivity index (χ2n) is 18.6. The van der Waals surface area contributed by atoms with E-state index in [0.29, 0.717) is 43.4 Å². The minimum Gasteiger partial charge on any atom is -0.495 e. The number of rotatable bonds is 24. The van der Waals surface area contributed by atoms with E-state index in [1.165, 1.54) is 21.2 Å². The predicted molar refractivity (Wildman–Crippen MR) is 332 cm³/mol. The first kappa shape index (κ1) is 57.0. The Hall–Kier alpha value is -8.70. The zero-order valence-corrected chi connectivity index (χ0v) is 48.0. The summed E-state index contributed by atoms with van der Waals surface area (Å²) in [4.78, 5) is 21.5. The van der Waals surface area contributed by atoms with Crippen LogP contribution >= 0.6 is 11.3 Å². The molecule has 3 aromatic heterocycles. The van der Waals surface area contributed by atoms with E-state index in [1.54, 1.807) is 25.6 Å². The number of nitrogens with zero attached hydrogens (tertiary/aromatic N) is 5. The van der Waals surface area contributed by atoms with Gasteiger partial charge in [-0.2, -0.15) is 9.97 Å². The summed E-state index contributed by atoms with van der Waals surface area (Å²) in [5.74, 6) is 6.29. The van der Waals surface area contributed by atoms with Crippen LogP contribution in [0.2, 0.25) is 0 Å². The zero-order chi connectivity index (χ0) is 56.3. The molecule has 0 spiro atoms. The minimum atomic E-state index is 0.472. The van der Waals surface area contributed by atoms with E-state index in [2.05, 4.69) is 116 Å². The van der Waals surface area contributed by atoms with Gasteiger partial charge in [0.25, 0.3) is 0 Å². The van der Waals surface area contributed by atoms with Gasteiger partial charge in [-0.05, 0) is 133 Å². The number of anilines is 8. The number of benzene rings is 6. The molecule has 0 amide bonds. The molecule has 0 saturated heterocycles. The first-order valence-corrected chi connectivity index (χ1v) is 28.6. The van der Waals surface area contributed by atoms with Crippen molar-refractivity contribution in [1.82, 2.24) is 30.2 Å². The normalized spacial score (nSPS) is 11.9. The molecule has 1 aliphatic heterocycles. The third kappa shape index (κ3) is 14.8. The van der Waals surface area contributed by atoms with Crippen LogP contribution in [0.5, 0.6) is 28.7 Å². The lowest BCUT2D eigenvalue weighted by Gasteiger charge is -2.19. The SMILES string of the molecule is CC.CCCN(CC)CCOc1ccc(Nc2ncc(-c3ccc4c(c3)OCC3=C4[CH]3)c(Nc3ccccc3OC)n2)cc1.CCNCCOc1ccc(Nc2ncc(-c3csc4ccccc34)c(Nc3ccccc3OC)n2)cc1. The largest absolute Gasteiger partial charge is 0.495 e. The third-order valence-corrected chi connectivity index (χ3v) is 14.3. The number of aromatic nitrogens is 4. The quantitative estimate of drug-likeness (QED) is 0.0363. The lowest BCUT2D eigenvalue weighted by atomic mass is 10.0. The van der Waals surface area contributed by atoms with Crippen LogP contribution in [-0.4, -0.2) is 91.6 Å². The standard InChI is InChI=1S/C34H36N5O3.C29H29N5O2S.C2H6/c1-4-16-39(5-2)17-18-41-26-13-11-25(12-14-26)36-34-35-21-29(33(38-34)37-30-8-6-7-9-31(30)40-3)23-10-15-27-28-19-24(28)22-42-32(27)20-23;1-3-30-16-17-36-21-14-12-20(13-15-21)32-29-31-18-23(24-19-37-27-11-7-4-8-22(24)27)28(34-29)33-25-9-5-6-10-26(25)35-2;1-2/h6-15,19-21H,4-5,16-18,22H2,1-3H3,(H2,35,36,37,38);4-15,18-19,30H,3,16-17H2,1-2H3,(H2,31,32,33,34);1-2H3. The first-order chi connectivity index (χ1) is 39.9. The Labute approximate surface area is 479 Å². The van der Waals surface area contributed by atoms with Gasteiger partial charge < -0.3 is 55.2 Å². The Balaban J connectivity index is 0.000000191. The van der Waals surface area contributed by atoms with E-state index in [9.17, 15) is 0 Å². The van der Waals surface area contributed by atoms with Gasteiger partial charge in [0.1, 0.15) is 60.2 Å². The number of allylic oxidation sites excluding steroid dienone is 1. The summed E-state index contributed by atoms with van der Waals surface area (Å²) in [5.41, 5.74) is 10.9. The van der Waals surface area contributed by atoms with Crippen molar-refractivity contribution in [3.63, 3.8) is 0 Å². The molecule has 9 aromatic rings. The maximum absolute atomic E-state index is 6.00. The molecule has 4 heterocycles. The molecular weight excluding hydrogens is 1030 g/mol. The van der Waals surface area contributed by atoms with Crippen LogP contribution in [0.25, 0.3) is 37.9 Å². The van der Waals surface area contributed by atoms with Crippen molar-refractivity contribution in [2.45, 2.75) is 41.0 Å². The molecule has 11 rings (SSSR count). The van der Waals surface area contributed by atoms with Gasteiger partial charge in [0.15, 0.2) is 0 Å². The molecule has 1 radical (unpaired) electrons. The Morgan fingerprint density at radius 2 is 1.20 bits per heavy atom. The lowest BCUT2D eigenvalue weighted by molar-refractivity contribution is 0.216. The van der Waals surface area contributed by atoms with Crippen LogP contribution < -0.4 is 50.3 Å². The van der Waals surface area contributed by atoms with Gasteiger partial charge >= 0.3 is 0 Å². The van der Waals surface area contributed by atoms with E-state index in [-0.39, 0.29) is 0 Å². The van der Waals surface area contributed by atoms with Gasteiger partial charge in [-0.1, -0.05) is 89.2 Å². The highest BCUT2D eigenvalue weighted by Crippen LogP contribution is 2.48. The number of para-hydroxylation sites is 4. The van der Waals surface area contributed by atoms with E-state index >= 15 is 0 Å². The molecule has 16 heteroatoms. The predicted octanol–water partition coefficient (Wildman–Crippen LogP) is 15.0. The maximum Gasteiger partial charge on any atom is 0.229 e. The van der Waals surface area contributed by atoms with Crippen LogP contribution in [0, 0.1) is 6.42 Å². The highest BCUT2D eigenvalue weighted by molar-refractivity contribution is 7.17. The fraction of sp³-hybridized carbons (Fsp3) is 0.246. The molecule has 417 valence electrons. The summed E-state index contributed by atoms with van der Waals surface area (Å²) in [7, 11) is 3.32. The van der Waals surface area contributed by atoms with Crippen LogP contribution in [0.1, 0.15) is 46.6 Å². The second-order valence-corrected chi connectivity index (χ2v) is 19.5. The molecular formula is C65H71N10O5S. The Morgan fingerprint density at radius 3 is 1.81 bits per heavy atom. The van der Waals surface area contributed by atoms with Crippen molar-refractivity contribution >= 4 is 73.3 Å². The Bertz CT molecular complexity index is 3520. The summed E-state index contributed by atoms with van der Waals surface area (Å²) < 4.78 is 30.1. The van der Waals surface area contributed by atoms with E-state index < -0.39 is 0 Å². The zero-order valence-electron chi connectivity index (χ0n) is 47.1. The fourth-order valence-electron chi connectivity index (χ4n) is 9.10. The number of hydrogen-bond donors (Lipinski definition) is 5. The average molecular weight is 1100 g/mol. The molecule has 5 N–H and O–H groups in total. The first-order valence-electron chi connectivity index (χ1n) is 27.7. The van der Waals surface area contributed by atoms with Crippen molar-refractivity contribution < 1.29 is 23.7 Å². The summed E-state index contributed by atoms with van der Waals surface area (Å²) >= 11 is 1.71. The molecule has 0 bridgehead atoms. The van der Waals surface area contributed by atoms with Gasteiger partial charge in [-0.25, -0.2) is 9.97 Å². The molecule has 6 aromatic carbocycles. The van der Waals surface area contributed by atoms with Gasteiger partial charge in [-0.3, -0.25) is 0 Å². The van der Waals surface area contributed by atoms with Crippen molar-refractivity contribution in [3.8, 4) is 51.0 Å². The summed E-state index contributed by atoms with van der Waals surface area (Å²) in [6.45, 7) is 17.2. The minimum absolute atomic E-state index is 0.472. The summed E-state index contributed by atoms with van der Waals surface area (Å²) in [5, 5.41) is 20.2. The van der Waals surface area contributed by atoms with Gasteiger partial charge in [0, 0.05) is 75.6 Å². The molecule has 2 aliphatic rings. The number of thiophene rings is 1. The van der Waals surface area contributed by atoms with Crippen LogP contribution in [-0.2, 0) is 0 Å². The third-order valence-electron chi connectivity index (χ3n) is 13.3. The van der Waals surface area contributed by atoms with Crippen molar-refractivity contribution in [3.05, 3.63) is 175 Å². The van der Waals surface area contributed by atoms with Crippen molar-refractivity contribution in [2.24, 2.45) is 0 Å². The lowest BCUT2D eigenvalue weighted by Crippen LogP contribution is -2.28. The summed E-state index contributed by atoms with van der Waals surface area (Å²) in [6.07, 6.45) is 7.02. The molecule has 1 aliphatic carbocycles. The number of fused-ring (bicyclic) bond motifs is 3. The van der Waals surface area contributed by atoms with Crippen molar-refractivity contribution in [2.75, 3.05) is 88.0 Å². The van der Waals surface area contributed by atoms with Crippen molar-refractivity contribution in [1.29, 1.82) is 0 Å². The van der Waals surface area contributed by atoms with E-state index in [4.69, 9.17) is 33.7 Å². The molecule has 0 atom stereocenters. The molecule has 0 saturated carbocycles. The van der Waals surface area contributed by atoms with Crippen LogP contribution in [0.3, 0.4) is 0 Å². The topological polar surface area (TPSA) is 161 Å². The molecule has 0 fully saturated rings. The fourth-order valence-corrected chi connectivity index (χ4v) is 10.1. The maximum atomic E-state index is 6.00. The highest BCUT2D eigenvalue weighted by Gasteiger charge is 2.31. The van der Waals surface area contributed by atoms with Gasteiger partial charge in [-0.15, -0.1) is 11.3 Å². The molecule has 15 nitrogen and oxygen atoms in total. The van der Waals surface area contributed by atoms with Gasteiger partial charge in [0.05, 0.1) is 25.6 Å². The highest BCUT2D eigenvalue weighted by atomic mass is 32.1. The van der Waals surface area contributed by atoms with E-state index in [0.717, 1.165) is 118 Å². The summed E-state index contributed by atoms with van der Waals surface area (Å²) in [6, 6.07) is 45.9. The average Bonchev–Trinajstić information content (AvgIpc) is 4.34. The Kier molecular flexibility index (Phi) is 20.0. The number of hydrogen-bond acceptors (Lipinski definition) is 16. The molecule has 81 heavy (non-hydrogen) atoms. The van der Waals surface area contributed by atoms with Crippen LogP contribution in [0.4, 0.5) is 46.3 Å². The molecule has 0 unspecified atom stereocenters. The number of ether oxygens (including phenoxy) is 5. The number of likely N-dealkylation sites (N-methyl/N-ethyl adjacent to an activating group) is 2. The smallest absolute Gasteiger partial charge is 0.229 e. The second kappa shape index (κ2) is 28.4. The number of nitrogens with one attached hydrogen (secondary N) is 5. The van der Waals surface area contributed by atoms with Gasteiger partial charge in [0.2, 0.25) is 11.9 Å². The monoisotopic (exact) mass is 1100 g/mol.